The van der Waals surface area contributed by atoms with E-state index >= 15 is 0 Å². The second-order valence-corrected chi connectivity index (χ2v) is 4.25. The Hall–Kier alpha value is -1.36. The first-order valence-electron chi connectivity index (χ1n) is 5.53. The van der Waals surface area contributed by atoms with Crippen molar-refractivity contribution in [2.45, 2.75) is 39.3 Å². The van der Waals surface area contributed by atoms with Crippen molar-refractivity contribution < 1.29 is 4.79 Å². The van der Waals surface area contributed by atoms with Gasteiger partial charge in [0, 0.05) is 11.9 Å². The van der Waals surface area contributed by atoms with Crippen LogP contribution in [0.25, 0.3) is 0 Å². The molecule has 0 aliphatic rings. The van der Waals surface area contributed by atoms with Crippen LogP contribution >= 0.6 is 0 Å². The fourth-order valence-electron chi connectivity index (χ4n) is 1.49. The van der Waals surface area contributed by atoms with Gasteiger partial charge in [0.2, 0.25) is 5.91 Å². The van der Waals surface area contributed by atoms with E-state index in [0.29, 0.717) is 6.54 Å². The maximum atomic E-state index is 11.5. The van der Waals surface area contributed by atoms with Crippen molar-refractivity contribution >= 4 is 5.91 Å². The van der Waals surface area contributed by atoms with Gasteiger partial charge in [-0.25, -0.2) is 0 Å². The Morgan fingerprint density at radius 2 is 2.38 bits per heavy atom. The van der Waals surface area contributed by atoms with Crippen molar-refractivity contribution in [1.82, 2.24) is 15.1 Å². The fourth-order valence-corrected chi connectivity index (χ4v) is 1.49. The largest absolute Gasteiger partial charge is 0.368 e. The highest BCUT2D eigenvalue weighted by atomic mass is 16.1. The Bertz CT molecular complexity index is 361. The first kappa shape index (κ1) is 12.7. The first-order chi connectivity index (χ1) is 7.49. The SMILES string of the molecule is CCCNC(C)(Cn1nccc1C)C(N)=O. The molecule has 1 aromatic rings. The van der Waals surface area contributed by atoms with Crippen LogP contribution in [-0.4, -0.2) is 27.8 Å². The Balaban J connectivity index is 2.79. The van der Waals surface area contributed by atoms with E-state index < -0.39 is 5.54 Å². The molecule has 1 atom stereocenters. The highest BCUT2D eigenvalue weighted by molar-refractivity contribution is 5.84. The molecule has 1 unspecified atom stereocenters. The van der Waals surface area contributed by atoms with Gasteiger partial charge in [-0.3, -0.25) is 9.48 Å². The lowest BCUT2D eigenvalue weighted by atomic mass is 10.0. The number of carbonyl (C=O) groups excluding carboxylic acids is 1. The molecule has 0 aliphatic carbocycles. The van der Waals surface area contributed by atoms with Crippen molar-refractivity contribution in [3.05, 3.63) is 18.0 Å². The molecule has 0 aromatic carbocycles. The quantitative estimate of drug-likeness (QED) is 0.736. The molecule has 1 amide bonds. The van der Waals surface area contributed by atoms with Crippen molar-refractivity contribution in [2.24, 2.45) is 5.73 Å². The van der Waals surface area contributed by atoms with Crippen LogP contribution in [0.4, 0.5) is 0 Å². The summed E-state index contributed by atoms with van der Waals surface area (Å²) in [6.45, 7) is 7.04. The van der Waals surface area contributed by atoms with E-state index in [9.17, 15) is 4.79 Å². The molecular formula is C11H20N4O. The molecule has 0 spiro atoms. The van der Waals surface area contributed by atoms with Crippen LogP contribution in [0.5, 0.6) is 0 Å². The summed E-state index contributed by atoms with van der Waals surface area (Å²) < 4.78 is 1.79. The van der Waals surface area contributed by atoms with E-state index in [1.165, 1.54) is 0 Å². The van der Waals surface area contributed by atoms with Crippen molar-refractivity contribution in [1.29, 1.82) is 0 Å². The van der Waals surface area contributed by atoms with Crippen LogP contribution in [0, 0.1) is 6.92 Å². The Kier molecular flexibility index (Phi) is 4.06. The molecule has 0 radical (unpaired) electrons. The molecule has 0 saturated heterocycles. The minimum absolute atomic E-state index is 0.351. The van der Waals surface area contributed by atoms with Crippen LogP contribution in [0.3, 0.4) is 0 Å². The van der Waals surface area contributed by atoms with E-state index in [2.05, 4.69) is 10.4 Å². The standard InChI is InChI=1S/C11H20N4O/c1-4-6-13-11(3,10(12)16)8-15-9(2)5-7-14-15/h5,7,13H,4,6,8H2,1-3H3,(H2,12,16). The predicted octanol–water partition coefficient (Wildman–Crippen LogP) is 0.435. The summed E-state index contributed by atoms with van der Waals surface area (Å²) >= 11 is 0. The topological polar surface area (TPSA) is 72.9 Å². The summed E-state index contributed by atoms with van der Waals surface area (Å²) in [5.74, 6) is -0.351. The lowest BCUT2D eigenvalue weighted by Gasteiger charge is -2.27. The number of aromatic nitrogens is 2. The lowest BCUT2D eigenvalue weighted by molar-refractivity contribution is -0.124. The van der Waals surface area contributed by atoms with Gasteiger partial charge in [0.05, 0.1) is 6.54 Å². The second kappa shape index (κ2) is 5.12. The van der Waals surface area contributed by atoms with Crippen LogP contribution in [0.2, 0.25) is 0 Å². The minimum Gasteiger partial charge on any atom is -0.368 e. The average molecular weight is 224 g/mol. The highest BCUT2D eigenvalue weighted by Crippen LogP contribution is 2.09. The molecular weight excluding hydrogens is 204 g/mol. The van der Waals surface area contributed by atoms with Crippen molar-refractivity contribution in [2.75, 3.05) is 6.54 Å². The molecule has 0 aliphatic heterocycles. The van der Waals surface area contributed by atoms with Gasteiger partial charge in [-0.2, -0.15) is 5.10 Å². The van der Waals surface area contributed by atoms with Crippen molar-refractivity contribution in [3.63, 3.8) is 0 Å². The molecule has 90 valence electrons. The zero-order chi connectivity index (χ0) is 12.2. The minimum atomic E-state index is -0.743. The summed E-state index contributed by atoms with van der Waals surface area (Å²) in [6, 6.07) is 1.90. The number of aryl methyl sites for hydroxylation is 1. The number of nitrogens with zero attached hydrogens (tertiary/aromatic N) is 2. The number of rotatable bonds is 6. The monoisotopic (exact) mass is 224 g/mol. The Morgan fingerprint density at radius 1 is 1.69 bits per heavy atom. The molecule has 0 fully saturated rings. The zero-order valence-corrected chi connectivity index (χ0v) is 10.2. The van der Waals surface area contributed by atoms with Crippen LogP contribution in [0.1, 0.15) is 26.0 Å². The first-order valence-corrected chi connectivity index (χ1v) is 5.53. The highest BCUT2D eigenvalue weighted by Gasteiger charge is 2.31. The predicted molar refractivity (Wildman–Crippen MR) is 62.9 cm³/mol. The third kappa shape index (κ3) is 2.82. The Morgan fingerprint density at radius 3 is 2.81 bits per heavy atom. The third-order valence-corrected chi connectivity index (χ3v) is 2.70. The fraction of sp³-hybridized carbons (Fsp3) is 0.636. The van der Waals surface area contributed by atoms with Gasteiger partial charge in [0.25, 0.3) is 0 Å². The Labute approximate surface area is 96.0 Å². The number of amides is 1. The van der Waals surface area contributed by atoms with Gasteiger partial charge in [0.1, 0.15) is 5.54 Å². The molecule has 1 aromatic heterocycles. The second-order valence-electron chi connectivity index (χ2n) is 4.25. The van der Waals surface area contributed by atoms with E-state index in [1.54, 1.807) is 10.9 Å². The van der Waals surface area contributed by atoms with Crippen LogP contribution < -0.4 is 11.1 Å². The van der Waals surface area contributed by atoms with Crippen LogP contribution in [0.15, 0.2) is 12.3 Å². The molecule has 5 nitrogen and oxygen atoms in total. The maximum Gasteiger partial charge on any atom is 0.239 e. The van der Waals surface area contributed by atoms with Gasteiger partial charge in [-0.15, -0.1) is 0 Å². The summed E-state index contributed by atoms with van der Waals surface area (Å²) in [6.07, 6.45) is 2.68. The van der Waals surface area contributed by atoms with Gasteiger partial charge in [-0.05, 0) is 32.9 Å². The molecule has 0 bridgehead atoms. The number of hydrogen-bond donors (Lipinski definition) is 2. The van der Waals surface area contributed by atoms with Gasteiger partial charge in [0.15, 0.2) is 0 Å². The summed E-state index contributed by atoms with van der Waals surface area (Å²) in [5, 5.41) is 7.34. The number of nitrogens with one attached hydrogen (secondary N) is 1. The smallest absolute Gasteiger partial charge is 0.239 e. The molecule has 5 heteroatoms. The van der Waals surface area contributed by atoms with Crippen molar-refractivity contribution in [3.8, 4) is 0 Å². The van der Waals surface area contributed by atoms with E-state index in [-0.39, 0.29) is 5.91 Å². The van der Waals surface area contributed by atoms with E-state index in [1.807, 2.05) is 26.8 Å². The number of carbonyl (C=O) groups is 1. The number of nitrogens with two attached hydrogens (primary N) is 1. The normalized spacial score (nSPS) is 14.7. The zero-order valence-electron chi connectivity index (χ0n) is 10.2. The molecule has 0 saturated carbocycles. The number of primary amides is 1. The molecule has 3 N–H and O–H groups in total. The lowest BCUT2D eigenvalue weighted by Crippen LogP contribution is -2.56. The maximum absolute atomic E-state index is 11.5. The molecule has 1 rings (SSSR count). The average Bonchev–Trinajstić information content (AvgIpc) is 2.61. The molecule has 1 heterocycles. The number of hydrogen-bond acceptors (Lipinski definition) is 3. The summed E-state index contributed by atoms with van der Waals surface area (Å²) in [7, 11) is 0. The van der Waals surface area contributed by atoms with Gasteiger partial charge < -0.3 is 11.1 Å². The van der Waals surface area contributed by atoms with Gasteiger partial charge in [-0.1, -0.05) is 6.92 Å². The summed E-state index contributed by atoms with van der Waals surface area (Å²) in [5.41, 5.74) is 5.71. The third-order valence-electron chi connectivity index (χ3n) is 2.70. The molecule has 16 heavy (non-hydrogen) atoms. The van der Waals surface area contributed by atoms with E-state index in [4.69, 9.17) is 5.73 Å². The van der Waals surface area contributed by atoms with Crippen LogP contribution in [-0.2, 0) is 11.3 Å². The summed E-state index contributed by atoms with van der Waals surface area (Å²) in [4.78, 5) is 11.5. The van der Waals surface area contributed by atoms with Gasteiger partial charge >= 0.3 is 0 Å². The van der Waals surface area contributed by atoms with E-state index in [0.717, 1.165) is 18.7 Å².